The molecule has 0 unspecified atom stereocenters. The van der Waals surface area contributed by atoms with Crippen LogP contribution in [0.4, 0.5) is 92.2 Å². The zero-order valence-corrected chi connectivity index (χ0v) is 47.5. The van der Waals surface area contributed by atoms with Crippen molar-refractivity contribution in [3.05, 3.63) is 232 Å². The Balaban J connectivity index is 1.22. The molecule has 0 saturated heterocycles. The normalized spacial score (nSPS) is 13.0. The van der Waals surface area contributed by atoms with Gasteiger partial charge in [-0.1, -0.05) is 78.9 Å². The smallest absolute Gasteiger partial charge is 0.309 e. The van der Waals surface area contributed by atoms with E-state index in [4.69, 9.17) is 0 Å². The summed E-state index contributed by atoms with van der Waals surface area (Å²) in [6.45, 7) is 3.14. The average Bonchev–Trinajstić information content (AvgIpc) is 1.55. The van der Waals surface area contributed by atoms with Gasteiger partial charge in [-0.25, -0.2) is 0 Å². The fourth-order valence-electron chi connectivity index (χ4n) is 12.0. The van der Waals surface area contributed by atoms with Crippen LogP contribution in [0.25, 0.3) is 111 Å². The number of aryl methyl sites for hydroxylation is 2. The maximum Gasteiger partial charge on any atom is 0.417 e. The van der Waals surface area contributed by atoms with Crippen LogP contribution in [0.1, 0.15) is 55.9 Å². The molecular formula is C69H35F21N4. The first-order chi connectivity index (χ1) is 43.8. The summed E-state index contributed by atoms with van der Waals surface area (Å²) < 4.78 is 305. The first-order valence-corrected chi connectivity index (χ1v) is 27.5. The second-order valence-electron chi connectivity index (χ2n) is 22.1. The molecule has 0 amide bonds. The van der Waals surface area contributed by atoms with E-state index in [0.717, 1.165) is 48.5 Å². The highest BCUT2D eigenvalue weighted by Gasteiger charge is 2.42. The SMILES string of the molecule is Cc1cc(-c2cc(-n3c4cc(-c5ccc(C(F)(F)F)cc5)ccc4c4ccc(-c5ccc(C(F)(F)F)cc5C(F)(F)F)cc43)c(C#N)cc2-n2c3cc(-c4ccc(C(F)(F)F)cc4C(F)(F)F)ccc3c3ccc(-c4ccc(C(F)(F)F)cc4C(F)(F)F)cc32)cc(C)n1. The van der Waals surface area contributed by atoms with Gasteiger partial charge in [-0.05, 0) is 161 Å². The van der Waals surface area contributed by atoms with Crippen molar-refractivity contribution in [3.63, 3.8) is 0 Å². The van der Waals surface area contributed by atoms with Crippen molar-refractivity contribution in [2.24, 2.45) is 0 Å². The van der Waals surface area contributed by atoms with E-state index < -0.39 is 98.9 Å². The van der Waals surface area contributed by atoms with Crippen molar-refractivity contribution in [3.8, 4) is 73.1 Å². The number of aromatic nitrogens is 3. The van der Waals surface area contributed by atoms with Crippen molar-refractivity contribution in [2.45, 2.75) is 57.1 Å². The van der Waals surface area contributed by atoms with Crippen molar-refractivity contribution in [1.29, 1.82) is 5.26 Å². The van der Waals surface area contributed by atoms with Crippen LogP contribution in [-0.4, -0.2) is 14.1 Å². The van der Waals surface area contributed by atoms with Crippen LogP contribution >= 0.6 is 0 Å². The molecule has 25 heteroatoms. The number of nitrogens with zero attached hydrogens (tertiary/aromatic N) is 4. The molecule has 3 heterocycles. The second-order valence-corrected chi connectivity index (χ2v) is 22.1. The van der Waals surface area contributed by atoms with Gasteiger partial charge >= 0.3 is 43.2 Å². The number of halogens is 21. The minimum atomic E-state index is -5.43. The summed E-state index contributed by atoms with van der Waals surface area (Å²) in [7, 11) is 0. The van der Waals surface area contributed by atoms with E-state index in [1.54, 1.807) is 13.8 Å². The molecule has 0 aliphatic rings. The van der Waals surface area contributed by atoms with E-state index in [0.29, 0.717) is 47.8 Å². The van der Waals surface area contributed by atoms with Gasteiger partial charge < -0.3 is 9.13 Å². The van der Waals surface area contributed by atoms with Crippen LogP contribution < -0.4 is 0 Å². The Hall–Kier alpha value is -10.3. The molecule has 0 N–H and O–H groups in total. The third-order valence-corrected chi connectivity index (χ3v) is 16.1. The van der Waals surface area contributed by atoms with Crippen LogP contribution in [0.15, 0.2) is 176 Å². The van der Waals surface area contributed by atoms with Gasteiger partial charge in [0.15, 0.2) is 0 Å². The fourth-order valence-corrected chi connectivity index (χ4v) is 12.0. The summed E-state index contributed by atoms with van der Waals surface area (Å²) in [5.41, 5.74) is -14.0. The van der Waals surface area contributed by atoms with Crippen LogP contribution in [0.5, 0.6) is 0 Å². The van der Waals surface area contributed by atoms with Gasteiger partial charge in [0.1, 0.15) is 6.07 Å². The number of hydrogen-bond donors (Lipinski definition) is 0. The highest BCUT2D eigenvalue weighted by Crippen LogP contribution is 2.49. The van der Waals surface area contributed by atoms with Gasteiger partial charge in [-0.15, -0.1) is 0 Å². The molecule has 0 fully saturated rings. The second kappa shape index (κ2) is 21.9. The summed E-state index contributed by atoms with van der Waals surface area (Å²) in [5, 5.41) is 12.3. The van der Waals surface area contributed by atoms with Crippen molar-refractivity contribution >= 4 is 43.6 Å². The first kappa shape index (κ1) is 63.9. The Morgan fingerprint density at radius 2 is 0.596 bits per heavy atom. The van der Waals surface area contributed by atoms with Crippen LogP contribution in [0, 0.1) is 25.2 Å². The number of pyridine rings is 1. The van der Waals surface area contributed by atoms with Gasteiger partial charge in [-0.3, -0.25) is 4.98 Å². The molecular weight excluding hydrogens is 1280 g/mol. The van der Waals surface area contributed by atoms with E-state index in [2.05, 4.69) is 11.1 Å². The molecule has 94 heavy (non-hydrogen) atoms. The van der Waals surface area contributed by atoms with Gasteiger partial charge in [0.25, 0.3) is 0 Å². The fraction of sp³-hybridized carbons (Fsp3) is 0.130. The highest BCUT2D eigenvalue weighted by atomic mass is 19.4. The number of alkyl halides is 21. The van der Waals surface area contributed by atoms with Crippen LogP contribution in [0.2, 0.25) is 0 Å². The number of nitriles is 1. The molecule has 0 bridgehead atoms. The minimum Gasteiger partial charge on any atom is -0.309 e. The first-order valence-electron chi connectivity index (χ1n) is 27.5. The maximum absolute atomic E-state index is 15.0. The molecule has 3 aromatic heterocycles. The molecule has 478 valence electrons. The van der Waals surface area contributed by atoms with Gasteiger partial charge in [-0.2, -0.15) is 97.5 Å². The zero-order chi connectivity index (χ0) is 67.9. The lowest BCUT2D eigenvalue weighted by molar-refractivity contribution is -0.144. The maximum atomic E-state index is 15.0. The highest BCUT2D eigenvalue weighted by molar-refractivity contribution is 6.13. The predicted octanol–water partition coefficient (Wildman–Crippen LogP) is 23.2. The molecule has 12 aromatic rings. The summed E-state index contributed by atoms with van der Waals surface area (Å²) in [6, 6.07) is 29.8. The minimum absolute atomic E-state index is 0.0254. The van der Waals surface area contributed by atoms with Crippen LogP contribution in [0.3, 0.4) is 0 Å². The zero-order valence-electron chi connectivity index (χ0n) is 47.5. The molecule has 9 aromatic carbocycles. The third-order valence-electron chi connectivity index (χ3n) is 16.1. The Morgan fingerprint density at radius 1 is 0.287 bits per heavy atom. The lowest BCUT2D eigenvalue weighted by Crippen LogP contribution is -2.12. The van der Waals surface area contributed by atoms with E-state index in [9.17, 15) is 97.5 Å². The molecule has 0 spiro atoms. The number of benzene rings is 9. The summed E-state index contributed by atoms with van der Waals surface area (Å²) in [4.78, 5) is 4.47. The number of fused-ring (bicyclic) bond motifs is 6. The Bertz CT molecular complexity index is 4970. The molecule has 12 rings (SSSR count). The summed E-state index contributed by atoms with van der Waals surface area (Å²) >= 11 is 0. The number of rotatable bonds is 7. The predicted molar refractivity (Wildman–Crippen MR) is 309 cm³/mol. The van der Waals surface area contributed by atoms with Crippen molar-refractivity contribution in [1.82, 2.24) is 14.1 Å². The quantitative estimate of drug-likeness (QED) is 0.149. The van der Waals surface area contributed by atoms with Gasteiger partial charge in [0, 0.05) is 38.5 Å². The van der Waals surface area contributed by atoms with E-state index >= 15 is 0 Å². The van der Waals surface area contributed by atoms with Gasteiger partial charge in [0.05, 0.1) is 77.9 Å². The monoisotopic (exact) mass is 1320 g/mol. The van der Waals surface area contributed by atoms with Crippen molar-refractivity contribution < 1.29 is 92.2 Å². The average molecular weight is 1320 g/mol. The lowest BCUT2D eigenvalue weighted by atomic mass is 9.95. The summed E-state index contributed by atoms with van der Waals surface area (Å²) in [6.07, 6.45) is -36.7. The standard InChI is InChI=1S/C69H35F21N4/c1-33-21-40(22-34(2)92-33)53-31-57(93-58-23-36(35-3-9-42(10-4-35)63(70,71)72)5-14-49(58)50-15-6-37(24-59(50)93)46-18-11-43(64(73,74)75)28-54(46)67(82,83)84)41(32-91)27-62(53)94-60-25-38(47-19-12-44(65(76,77)78)29-55(47)68(85,86)87)7-16-51(60)52-17-8-39(26-61(52)94)48-20-13-45(66(79,80)81)30-56(48)69(88,89)90/h3-31H,1-2H3. The van der Waals surface area contributed by atoms with Crippen molar-refractivity contribution in [2.75, 3.05) is 0 Å². The Labute approximate surface area is 515 Å². The van der Waals surface area contributed by atoms with E-state index in [-0.39, 0.29) is 118 Å². The lowest BCUT2D eigenvalue weighted by Gasteiger charge is -2.20. The molecule has 0 aliphatic heterocycles. The Morgan fingerprint density at radius 3 is 0.926 bits per heavy atom. The molecule has 0 aliphatic carbocycles. The molecule has 0 saturated carbocycles. The van der Waals surface area contributed by atoms with E-state index in [1.165, 1.54) is 81.9 Å². The van der Waals surface area contributed by atoms with Gasteiger partial charge in [0.2, 0.25) is 0 Å². The van der Waals surface area contributed by atoms with Crippen LogP contribution in [-0.2, 0) is 43.2 Å². The third kappa shape index (κ3) is 11.6. The molecule has 4 nitrogen and oxygen atoms in total. The largest absolute Gasteiger partial charge is 0.417 e. The molecule has 0 atom stereocenters. The topological polar surface area (TPSA) is 46.5 Å². The molecule has 0 radical (unpaired) electrons. The van der Waals surface area contributed by atoms with E-state index in [1.807, 2.05) is 0 Å². The number of hydrogen-bond acceptors (Lipinski definition) is 2. The Kier molecular flexibility index (Phi) is 14.9. The summed E-state index contributed by atoms with van der Waals surface area (Å²) in [5.74, 6) is 0.